The second-order valence-electron chi connectivity index (χ2n) is 10.3. The standard InChI is InChI=1S/C28H41F4N3O/c1-8-10-24(29)25(30)19(3)18-35-26(36)21(16-20(4)27(5,15-9-2)34(35)7)17-33-23-13-11-22(12-14-23)28(6,31)32/h11-14,20-21,33H,3,8-10,15-18H2,1-2,4-7H3/b25-24-. The molecule has 0 saturated carbocycles. The fourth-order valence-electron chi connectivity index (χ4n) is 4.90. The normalized spacial score (nSPS) is 24.4. The van der Waals surface area contributed by atoms with Gasteiger partial charge < -0.3 is 5.32 Å². The number of carbonyl (C=O) groups excluding carboxylic acids is 1. The molecule has 0 aliphatic carbocycles. The van der Waals surface area contributed by atoms with E-state index in [9.17, 15) is 22.4 Å². The first-order valence-corrected chi connectivity index (χ1v) is 12.8. The van der Waals surface area contributed by atoms with E-state index in [-0.39, 0.29) is 48.0 Å². The van der Waals surface area contributed by atoms with Crippen molar-refractivity contribution in [3.05, 3.63) is 53.6 Å². The monoisotopic (exact) mass is 511 g/mol. The Morgan fingerprint density at radius 2 is 1.81 bits per heavy atom. The number of nitrogens with one attached hydrogen (secondary N) is 1. The number of alkyl halides is 2. The number of hydrogen-bond acceptors (Lipinski definition) is 3. The molecule has 1 N–H and O–H groups in total. The Morgan fingerprint density at radius 1 is 1.19 bits per heavy atom. The minimum Gasteiger partial charge on any atom is -0.384 e. The third-order valence-electron chi connectivity index (χ3n) is 7.46. The Morgan fingerprint density at radius 3 is 2.33 bits per heavy atom. The summed E-state index contributed by atoms with van der Waals surface area (Å²) in [4.78, 5) is 13.7. The zero-order valence-electron chi connectivity index (χ0n) is 22.4. The average Bonchev–Trinajstić information content (AvgIpc) is 2.88. The Hall–Kier alpha value is -2.35. The van der Waals surface area contributed by atoms with Crippen LogP contribution in [0.3, 0.4) is 0 Å². The summed E-state index contributed by atoms with van der Waals surface area (Å²) in [7, 11) is 1.82. The van der Waals surface area contributed by atoms with Crippen LogP contribution in [0.15, 0.2) is 48.1 Å². The molecule has 1 saturated heterocycles. The molecule has 36 heavy (non-hydrogen) atoms. The summed E-state index contributed by atoms with van der Waals surface area (Å²) in [6, 6.07) is 5.87. The molecule has 1 aliphatic heterocycles. The molecule has 0 radical (unpaired) electrons. The predicted molar refractivity (Wildman–Crippen MR) is 138 cm³/mol. The molecule has 1 heterocycles. The lowest BCUT2D eigenvalue weighted by Gasteiger charge is -2.46. The maximum Gasteiger partial charge on any atom is 0.270 e. The SMILES string of the molecule is C=C(CN1C(=O)C(CNc2ccc(C(C)(F)F)cc2)CC(C)C(C)(CCC)N1C)/C(F)=C(/F)CCC. The van der Waals surface area contributed by atoms with Crippen molar-refractivity contribution < 1.29 is 22.4 Å². The lowest BCUT2D eigenvalue weighted by atomic mass is 9.78. The first kappa shape index (κ1) is 29.9. The van der Waals surface area contributed by atoms with Gasteiger partial charge in [0.15, 0.2) is 5.83 Å². The van der Waals surface area contributed by atoms with Gasteiger partial charge in [0.2, 0.25) is 5.91 Å². The maximum absolute atomic E-state index is 14.7. The van der Waals surface area contributed by atoms with Crippen LogP contribution in [0.1, 0.15) is 72.3 Å². The predicted octanol–water partition coefficient (Wildman–Crippen LogP) is 7.61. The van der Waals surface area contributed by atoms with Gasteiger partial charge in [-0.05, 0) is 44.2 Å². The van der Waals surface area contributed by atoms with Gasteiger partial charge in [-0.1, -0.05) is 45.9 Å². The molecule has 1 aliphatic rings. The van der Waals surface area contributed by atoms with Crippen LogP contribution in [-0.2, 0) is 10.7 Å². The number of hydrogen-bond donors (Lipinski definition) is 1. The van der Waals surface area contributed by atoms with Crippen molar-refractivity contribution in [2.75, 3.05) is 25.5 Å². The minimum absolute atomic E-state index is 0.0193. The van der Waals surface area contributed by atoms with Crippen molar-refractivity contribution in [3.8, 4) is 0 Å². The highest BCUT2D eigenvalue weighted by Crippen LogP contribution is 2.39. The van der Waals surface area contributed by atoms with Crippen molar-refractivity contribution in [3.63, 3.8) is 0 Å². The van der Waals surface area contributed by atoms with Crippen LogP contribution in [0.4, 0.5) is 23.2 Å². The van der Waals surface area contributed by atoms with Gasteiger partial charge >= 0.3 is 0 Å². The third kappa shape index (κ3) is 6.90. The van der Waals surface area contributed by atoms with E-state index >= 15 is 0 Å². The number of amides is 1. The van der Waals surface area contributed by atoms with Gasteiger partial charge in [0.25, 0.3) is 5.92 Å². The van der Waals surface area contributed by atoms with Crippen LogP contribution in [0.5, 0.6) is 0 Å². The highest BCUT2D eigenvalue weighted by Gasteiger charge is 2.45. The molecule has 0 aromatic heterocycles. The Labute approximate surface area is 213 Å². The van der Waals surface area contributed by atoms with E-state index in [1.807, 2.05) is 12.1 Å². The van der Waals surface area contributed by atoms with Gasteiger partial charge in [-0.15, -0.1) is 0 Å². The Kier molecular flexibility index (Phi) is 10.2. The fourth-order valence-corrected chi connectivity index (χ4v) is 4.90. The first-order chi connectivity index (χ1) is 16.8. The number of rotatable bonds is 11. The van der Waals surface area contributed by atoms with Crippen LogP contribution in [-0.4, -0.2) is 41.6 Å². The maximum atomic E-state index is 14.7. The molecular formula is C28H41F4N3O. The number of anilines is 1. The van der Waals surface area contributed by atoms with E-state index in [0.29, 0.717) is 18.5 Å². The van der Waals surface area contributed by atoms with Crippen LogP contribution >= 0.6 is 0 Å². The topological polar surface area (TPSA) is 35.6 Å². The van der Waals surface area contributed by atoms with Crippen molar-refractivity contribution >= 4 is 11.6 Å². The lowest BCUT2D eigenvalue weighted by Crippen LogP contribution is -2.57. The number of benzene rings is 1. The van der Waals surface area contributed by atoms with Crippen LogP contribution in [0.25, 0.3) is 0 Å². The molecule has 3 unspecified atom stereocenters. The first-order valence-electron chi connectivity index (χ1n) is 12.8. The molecule has 8 heteroatoms. The van der Waals surface area contributed by atoms with Crippen LogP contribution in [0, 0.1) is 11.8 Å². The summed E-state index contributed by atoms with van der Waals surface area (Å²) in [6.07, 6.45) is 2.74. The Bertz CT molecular complexity index is 941. The largest absolute Gasteiger partial charge is 0.384 e. The molecule has 1 amide bonds. The van der Waals surface area contributed by atoms with Gasteiger partial charge in [-0.2, -0.15) is 0 Å². The summed E-state index contributed by atoms with van der Waals surface area (Å²) < 4.78 is 55.9. The Balaban J connectivity index is 2.31. The lowest BCUT2D eigenvalue weighted by molar-refractivity contribution is -0.158. The van der Waals surface area contributed by atoms with Crippen molar-refractivity contribution in [1.29, 1.82) is 0 Å². The number of hydrazine groups is 1. The van der Waals surface area contributed by atoms with Gasteiger partial charge in [0, 0.05) is 49.3 Å². The summed E-state index contributed by atoms with van der Waals surface area (Å²) in [5, 5.41) is 6.57. The third-order valence-corrected chi connectivity index (χ3v) is 7.46. The molecule has 4 nitrogen and oxygen atoms in total. The quantitative estimate of drug-likeness (QED) is 0.245. The molecular weight excluding hydrogens is 470 g/mol. The zero-order chi connectivity index (χ0) is 27.3. The van der Waals surface area contributed by atoms with Gasteiger partial charge in [-0.25, -0.2) is 22.6 Å². The molecule has 2 rings (SSSR count). The fraction of sp³-hybridized carbons (Fsp3) is 0.607. The van der Waals surface area contributed by atoms with Crippen molar-refractivity contribution in [1.82, 2.24) is 10.0 Å². The number of halogens is 4. The molecule has 1 aromatic rings. The van der Waals surface area contributed by atoms with Gasteiger partial charge in [0.1, 0.15) is 5.83 Å². The molecule has 202 valence electrons. The molecule has 1 fully saturated rings. The summed E-state index contributed by atoms with van der Waals surface area (Å²) >= 11 is 0. The van der Waals surface area contributed by atoms with Crippen molar-refractivity contribution in [2.45, 2.75) is 78.2 Å². The van der Waals surface area contributed by atoms with Gasteiger partial charge in [0.05, 0.1) is 12.5 Å². The highest BCUT2D eigenvalue weighted by atomic mass is 19.3. The molecule has 0 bridgehead atoms. The minimum atomic E-state index is -2.93. The van der Waals surface area contributed by atoms with E-state index < -0.39 is 23.5 Å². The summed E-state index contributed by atoms with van der Waals surface area (Å²) in [5.41, 5.74) is 0.0937. The van der Waals surface area contributed by atoms with Crippen LogP contribution in [0.2, 0.25) is 0 Å². The molecule has 1 aromatic carbocycles. The summed E-state index contributed by atoms with van der Waals surface area (Å²) in [5.74, 6) is -5.31. The van der Waals surface area contributed by atoms with E-state index in [4.69, 9.17) is 0 Å². The number of allylic oxidation sites excluding steroid dienone is 1. The van der Waals surface area contributed by atoms with Crippen molar-refractivity contribution in [2.24, 2.45) is 11.8 Å². The smallest absolute Gasteiger partial charge is 0.270 e. The summed E-state index contributed by atoms with van der Waals surface area (Å²) in [6.45, 7) is 12.8. The second kappa shape index (κ2) is 12.3. The van der Waals surface area contributed by atoms with E-state index in [1.54, 1.807) is 19.1 Å². The average molecular weight is 512 g/mol. The van der Waals surface area contributed by atoms with E-state index in [0.717, 1.165) is 19.8 Å². The van der Waals surface area contributed by atoms with Gasteiger partial charge in [-0.3, -0.25) is 9.80 Å². The highest BCUT2D eigenvalue weighted by molar-refractivity contribution is 5.80. The van der Waals surface area contributed by atoms with Crippen LogP contribution < -0.4 is 5.32 Å². The second-order valence-corrected chi connectivity index (χ2v) is 10.3. The number of carbonyl (C=O) groups is 1. The molecule has 3 atom stereocenters. The van der Waals surface area contributed by atoms with E-state index in [2.05, 4.69) is 32.7 Å². The van der Waals surface area contributed by atoms with E-state index in [1.165, 1.54) is 17.1 Å². The molecule has 0 spiro atoms. The zero-order valence-corrected chi connectivity index (χ0v) is 22.4. The number of nitrogens with zero attached hydrogens (tertiary/aromatic N) is 2.